The molecule has 1 unspecified atom stereocenters. The third-order valence-corrected chi connectivity index (χ3v) is 12.8. The zero-order chi connectivity index (χ0) is 42.1. The number of nitrogens with one attached hydrogen (secondary N) is 1. The summed E-state index contributed by atoms with van der Waals surface area (Å²) in [5.41, 5.74) is 12.7. The molecule has 2 aromatic heterocycles. The number of furan rings is 1. The van der Waals surface area contributed by atoms with Gasteiger partial charge in [-0.15, -0.1) is 0 Å². The summed E-state index contributed by atoms with van der Waals surface area (Å²) >= 11 is 0. The average Bonchev–Trinajstić information content (AvgIpc) is 3.90. The van der Waals surface area contributed by atoms with Gasteiger partial charge in [0.1, 0.15) is 23.2 Å². The molecular formula is C59H38N4O. The summed E-state index contributed by atoms with van der Waals surface area (Å²) < 4.78 is 9.10. The van der Waals surface area contributed by atoms with Crippen LogP contribution in [-0.2, 0) is 0 Å². The number of aliphatic imine (C=N–C) groups is 2. The number of amidine groups is 2. The summed E-state index contributed by atoms with van der Waals surface area (Å²) in [6, 6.07) is 77.8. The molecule has 0 saturated heterocycles. The van der Waals surface area contributed by atoms with Crippen LogP contribution in [0, 0.1) is 0 Å². The Bertz CT molecular complexity index is 3780. The van der Waals surface area contributed by atoms with Gasteiger partial charge in [-0.2, -0.15) is 0 Å². The van der Waals surface area contributed by atoms with Gasteiger partial charge in [0.25, 0.3) is 0 Å². The minimum atomic E-state index is -0.344. The van der Waals surface area contributed by atoms with Crippen LogP contribution in [0.5, 0.6) is 0 Å². The fraction of sp³-hybridized carbons (Fsp3) is 0.0169. The largest absolute Gasteiger partial charge is 0.456 e. The van der Waals surface area contributed by atoms with Crippen LogP contribution >= 0.6 is 0 Å². The number of hydrogen-bond acceptors (Lipinski definition) is 4. The van der Waals surface area contributed by atoms with Gasteiger partial charge in [-0.3, -0.25) is 0 Å². The molecule has 0 amide bonds. The predicted octanol–water partition coefficient (Wildman–Crippen LogP) is 14.8. The van der Waals surface area contributed by atoms with E-state index in [4.69, 9.17) is 14.4 Å². The standard InChI is InChI=1S/C59H38N4O/c1-3-11-37(12-4-1)43-23-27-49-50-28-24-44(38-13-5-2-6-14-38)34-54(50)63(53(49)33-43)48-26-30-55-52(36-48)51-29-25-47(35-56(51)64-55)59-61-57(45-21-19-39-15-7-9-17-41(39)31-45)60-58(62-59)46-22-20-40-16-8-10-18-42(40)32-46/h1-36,57H,(H,60,61,62). The van der Waals surface area contributed by atoms with Gasteiger partial charge in [0.05, 0.1) is 11.0 Å². The first-order valence-electron chi connectivity index (χ1n) is 21.7. The van der Waals surface area contributed by atoms with Crippen molar-refractivity contribution in [1.29, 1.82) is 0 Å². The van der Waals surface area contributed by atoms with Gasteiger partial charge >= 0.3 is 0 Å². The summed E-state index contributed by atoms with van der Waals surface area (Å²) in [6.45, 7) is 0. The van der Waals surface area contributed by atoms with Gasteiger partial charge in [-0.05, 0) is 104 Å². The number of benzene rings is 10. The molecule has 3 heterocycles. The van der Waals surface area contributed by atoms with E-state index < -0.39 is 0 Å². The van der Waals surface area contributed by atoms with E-state index >= 15 is 0 Å². The van der Waals surface area contributed by atoms with Crippen LogP contribution in [0.3, 0.4) is 0 Å². The van der Waals surface area contributed by atoms with Gasteiger partial charge in [0, 0.05) is 38.4 Å². The third-order valence-electron chi connectivity index (χ3n) is 12.8. The highest BCUT2D eigenvalue weighted by Crippen LogP contribution is 2.39. The quantitative estimate of drug-likeness (QED) is 0.182. The maximum Gasteiger partial charge on any atom is 0.159 e. The number of fused-ring (bicyclic) bond motifs is 8. The second-order valence-electron chi connectivity index (χ2n) is 16.7. The number of aromatic nitrogens is 1. The Labute approximate surface area is 368 Å². The van der Waals surface area contributed by atoms with Crippen LogP contribution in [0.25, 0.3) is 93.2 Å². The second-order valence-corrected chi connectivity index (χ2v) is 16.7. The number of nitrogens with zero attached hydrogens (tertiary/aromatic N) is 3. The van der Waals surface area contributed by atoms with Crippen LogP contribution in [0.15, 0.2) is 233 Å². The molecule has 64 heavy (non-hydrogen) atoms. The molecule has 1 aliphatic rings. The van der Waals surface area contributed by atoms with Crippen molar-refractivity contribution in [2.75, 3.05) is 0 Å². The molecule has 0 spiro atoms. The van der Waals surface area contributed by atoms with Gasteiger partial charge < -0.3 is 14.3 Å². The van der Waals surface area contributed by atoms with Crippen molar-refractivity contribution in [2.24, 2.45) is 9.98 Å². The fourth-order valence-electron chi connectivity index (χ4n) is 9.57. The molecule has 5 heteroatoms. The highest BCUT2D eigenvalue weighted by molar-refractivity contribution is 6.16. The summed E-state index contributed by atoms with van der Waals surface area (Å²) in [6.07, 6.45) is -0.344. The molecule has 1 atom stereocenters. The lowest BCUT2D eigenvalue weighted by atomic mass is 10.0. The Morgan fingerprint density at radius 2 is 0.969 bits per heavy atom. The van der Waals surface area contributed by atoms with Crippen LogP contribution in [-0.4, -0.2) is 16.2 Å². The maximum atomic E-state index is 6.68. The van der Waals surface area contributed by atoms with Crippen LogP contribution in [0.4, 0.5) is 0 Å². The predicted molar refractivity (Wildman–Crippen MR) is 266 cm³/mol. The Balaban J connectivity index is 0.940. The fourth-order valence-corrected chi connectivity index (χ4v) is 9.57. The summed E-state index contributed by atoms with van der Waals surface area (Å²) in [7, 11) is 0. The first kappa shape index (κ1) is 36.1. The topological polar surface area (TPSA) is 54.8 Å². The van der Waals surface area contributed by atoms with Crippen molar-refractivity contribution in [1.82, 2.24) is 9.88 Å². The van der Waals surface area contributed by atoms with E-state index in [9.17, 15) is 0 Å². The molecule has 13 rings (SSSR count). The van der Waals surface area contributed by atoms with E-state index in [2.05, 4.69) is 228 Å². The van der Waals surface area contributed by atoms with Gasteiger partial charge in [-0.1, -0.05) is 164 Å². The van der Waals surface area contributed by atoms with E-state index in [1.54, 1.807) is 0 Å². The van der Waals surface area contributed by atoms with Gasteiger partial charge in [0.2, 0.25) is 0 Å². The van der Waals surface area contributed by atoms with Crippen molar-refractivity contribution in [3.05, 3.63) is 235 Å². The minimum absolute atomic E-state index is 0.344. The highest BCUT2D eigenvalue weighted by atomic mass is 16.3. The summed E-state index contributed by atoms with van der Waals surface area (Å²) in [5, 5.41) is 12.9. The summed E-state index contributed by atoms with van der Waals surface area (Å²) in [5.74, 6) is 1.43. The van der Waals surface area contributed by atoms with Crippen molar-refractivity contribution in [3.8, 4) is 27.9 Å². The molecule has 1 aliphatic heterocycles. The number of rotatable bonds is 6. The van der Waals surface area contributed by atoms with E-state index in [0.29, 0.717) is 5.84 Å². The monoisotopic (exact) mass is 818 g/mol. The molecule has 0 radical (unpaired) electrons. The molecule has 300 valence electrons. The Morgan fingerprint density at radius 3 is 1.66 bits per heavy atom. The highest BCUT2D eigenvalue weighted by Gasteiger charge is 2.23. The maximum absolute atomic E-state index is 6.68. The summed E-state index contributed by atoms with van der Waals surface area (Å²) in [4.78, 5) is 10.4. The molecule has 0 saturated carbocycles. The minimum Gasteiger partial charge on any atom is -0.456 e. The van der Waals surface area contributed by atoms with Crippen molar-refractivity contribution in [2.45, 2.75) is 6.17 Å². The first-order chi connectivity index (χ1) is 31.7. The van der Waals surface area contributed by atoms with Crippen LogP contribution in [0.2, 0.25) is 0 Å². The van der Waals surface area contributed by atoms with E-state index in [1.807, 2.05) is 0 Å². The second kappa shape index (κ2) is 14.5. The van der Waals surface area contributed by atoms with Crippen molar-refractivity contribution >= 4 is 77.0 Å². The lowest BCUT2D eigenvalue weighted by Crippen LogP contribution is -2.33. The average molecular weight is 819 g/mol. The zero-order valence-electron chi connectivity index (χ0n) is 34.6. The third kappa shape index (κ3) is 6.09. The van der Waals surface area contributed by atoms with E-state index in [0.717, 1.165) is 66.6 Å². The Kier molecular flexibility index (Phi) is 8.21. The molecule has 5 nitrogen and oxygen atoms in total. The number of hydrogen-bond donors (Lipinski definition) is 1. The lowest BCUT2D eigenvalue weighted by Gasteiger charge is -2.24. The Morgan fingerprint density at radius 1 is 0.391 bits per heavy atom. The van der Waals surface area contributed by atoms with Crippen molar-refractivity contribution < 1.29 is 4.42 Å². The smallest absolute Gasteiger partial charge is 0.159 e. The molecule has 12 aromatic rings. The Hall–Kier alpha value is -8.54. The lowest BCUT2D eigenvalue weighted by molar-refractivity contribution is 0.666. The zero-order valence-corrected chi connectivity index (χ0v) is 34.6. The molecule has 0 fully saturated rings. The SMILES string of the molecule is c1ccc(-c2ccc3c4ccc(-c5ccccc5)cc4n(-c4ccc5oc6cc(C7=NC(c8ccc9ccccc9c8)=NC(c8ccc9ccccc9c8)N7)ccc6c5c4)c3c2)cc1. The van der Waals surface area contributed by atoms with Gasteiger partial charge in [0.15, 0.2) is 5.84 Å². The molecule has 1 N–H and O–H groups in total. The van der Waals surface area contributed by atoms with Crippen LogP contribution < -0.4 is 5.32 Å². The molecule has 10 aromatic carbocycles. The van der Waals surface area contributed by atoms with Crippen molar-refractivity contribution in [3.63, 3.8) is 0 Å². The first-order valence-corrected chi connectivity index (χ1v) is 21.7. The molecule has 0 aliphatic carbocycles. The molecular weight excluding hydrogens is 781 g/mol. The van der Waals surface area contributed by atoms with Crippen LogP contribution in [0.1, 0.15) is 22.9 Å². The molecule has 0 bridgehead atoms. The van der Waals surface area contributed by atoms with E-state index in [-0.39, 0.29) is 6.17 Å². The van der Waals surface area contributed by atoms with E-state index in [1.165, 1.54) is 49.2 Å². The van der Waals surface area contributed by atoms with Gasteiger partial charge in [-0.25, -0.2) is 9.98 Å². The normalized spacial score (nSPS) is 14.1.